The quantitative estimate of drug-likeness (QED) is 0.351. The number of rotatable bonds is 6. The van der Waals surface area contributed by atoms with E-state index in [1.807, 2.05) is 20.8 Å². The number of nitrogens with one attached hydrogen (secondary N) is 2. The number of likely N-dealkylation sites (N-methyl/N-ethyl adjacent to an activating group) is 2. The standard InChI is InChI=1S/C19H31F2N5O.HI/c1-19(2,3)24-16(27)12-26(7)18(22-4)23-11-15(25(5)6)17-13(20)9-8-10-14(17)21;/h8-10,15H,11-12H2,1-7H3,(H,22,23)(H,24,27);1H. The first-order valence-corrected chi connectivity index (χ1v) is 8.79. The van der Waals surface area contributed by atoms with Crippen LogP contribution in [0.5, 0.6) is 0 Å². The Bertz CT molecular complexity index is 657. The van der Waals surface area contributed by atoms with Crippen molar-refractivity contribution in [1.82, 2.24) is 20.4 Å². The fourth-order valence-electron chi connectivity index (χ4n) is 2.69. The lowest BCUT2D eigenvalue weighted by atomic mass is 10.0. The fraction of sp³-hybridized carbons (Fsp3) is 0.579. The number of aliphatic imine (C=N–C) groups is 1. The molecule has 0 bridgehead atoms. The SMILES string of the molecule is CN=C(NCC(c1c(F)cccc1F)N(C)C)N(C)CC(=O)NC(C)(C)C.I. The van der Waals surface area contributed by atoms with E-state index in [9.17, 15) is 13.6 Å². The molecule has 0 aromatic heterocycles. The van der Waals surface area contributed by atoms with Crippen LogP contribution in [-0.4, -0.2) is 68.5 Å². The second-order valence-corrected chi connectivity index (χ2v) is 7.70. The van der Waals surface area contributed by atoms with Gasteiger partial charge in [-0.15, -0.1) is 24.0 Å². The molecule has 6 nitrogen and oxygen atoms in total. The molecule has 1 aromatic carbocycles. The third-order valence-electron chi connectivity index (χ3n) is 3.88. The molecule has 0 saturated heterocycles. The normalized spacial score (nSPS) is 13.0. The summed E-state index contributed by atoms with van der Waals surface area (Å²) in [7, 11) is 6.82. The second kappa shape index (κ2) is 11.5. The van der Waals surface area contributed by atoms with Crippen molar-refractivity contribution in [2.24, 2.45) is 4.99 Å². The number of amides is 1. The molecule has 1 amide bonds. The van der Waals surface area contributed by atoms with Crippen LogP contribution in [-0.2, 0) is 4.79 Å². The van der Waals surface area contributed by atoms with Crippen LogP contribution in [0.4, 0.5) is 8.78 Å². The molecule has 1 atom stereocenters. The molecule has 1 unspecified atom stereocenters. The highest BCUT2D eigenvalue weighted by Gasteiger charge is 2.23. The van der Waals surface area contributed by atoms with E-state index in [2.05, 4.69) is 15.6 Å². The highest BCUT2D eigenvalue weighted by atomic mass is 127. The van der Waals surface area contributed by atoms with Crippen LogP contribution in [0.2, 0.25) is 0 Å². The molecule has 9 heteroatoms. The topological polar surface area (TPSA) is 60.0 Å². The summed E-state index contributed by atoms with van der Waals surface area (Å²) in [6, 6.07) is 3.29. The van der Waals surface area contributed by atoms with Crippen LogP contribution in [0.15, 0.2) is 23.2 Å². The predicted octanol–water partition coefficient (Wildman–Crippen LogP) is 2.61. The Morgan fingerprint density at radius 1 is 1.18 bits per heavy atom. The number of halogens is 3. The van der Waals surface area contributed by atoms with Crippen molar-refractivity contribution >= 4 is 35.8 Å². The zero-order chi connectivity index (χ0) is 20.8. The summed E-state index contributed by atoms with van der Waals surface area (Å²) in [5, 5.41) is 5.97. The summed E-state index contributed by atoms with van der Waals surface area (Å²) in [4.78, 5) is 19.6. The molecule has 0 aliphatic carbocycles. The van der Waals surface area contributed by atoms with Crippen LogP contribution in [0.25, 0.3) is 0 Å². The molecular weight excluding hydrogens is 479 g/mol. The number of carbonyl (C=O) groups is 1. The lowest BCUT2D eigenvalue weighted by molar-refractivity contribution is -0.122. The average Bonchev–Trinajstić information content (AvgIpc) is 2.50. The molecule has 160 valence electrons. The van der Waals surface area contributed by atoms with Gasteiger partial charge >= 0.3 is 0 Å². The Labute approximate surface area is 183 Å². The monoisotopic (exact) mass is 511 g/mol. The van der Waals surface area contributed by atoms with Crippen molar-refractivity contribution in [2.75, 3.05) is 41.3 Å². The van der Waals surface area contributed by atoms with Crippen LogP contribution >= 0.6 is 24.0 Å². The van der Waals surface area contributed by atoms with Crippen molar-refractivity contribution in [2.45, 2.75) is 32.4 Å². The Balaban J connectivity index is 0.00000729. The highest BCUT2D eigenvalue weighted by Crippen LogP contribution is 2.23. The van der Waals surface area contributed by atoms with Crippen molar-refractivity contribution in [1.29, 1.82) is 0 Å². The Hall–Kier alpha value is -1.49. The van der Waals surface area contributed by atoms with Gasteiger partial charge < -0.3 is 20.4 Å². The van der Waals surface area contributed by atoms with E-state index >= 15 is 0 Å². The number of guanidine groups is 1. The largest absolute Gasteiger partial charge is 0.354 e. The molecular formula is C19H32F2IN5O. The van der Waals surface area contributed by atoms with Crippen molar-refractivity contribution in [3.05, 3.63) is 35.4 Å². The van der Waals surface area contributed by atoms with Gasteiger partial charge in [-0.05, 0) is 47.0 Å². The third kappa shape index (κ3) is 8.26. The van der Waals surface area contributed by atoms with Gasteiger partial charge in [0.05, 0.1) is 12.6 Å². The summed E-state index contributed by atoms with van der Waals surface area (Å²) in [6.45, 7) is 6.05. The van der Waals surface area contributed by atoms with Gasteiger partial charge in [0.1, 0.15) is 11.6 Å². The first kappa shape index (κ1) is 26.5. The number of benzene rings is 1. The lowest BCUT2D eigenvalue weighted by Gasteiger charge is -2.29. The minimum atomic E-state index is -0.594. The van der Waals surface area contributed by atoms with Crippen molar-refractivity contribution < 1.29 is 13.6 Å². The smallest absolute Gasteiger partial charge is 0.240 e. The van der Waals surface area contributed by atoms with Crippen molar-refractivity contribution in [3.8, 4) is 0 Å². The zero-order valence-corrected chi connectivity index (χ0v) is 20.0. The summed E-state index contributed by atoms with van der Waals surface area (Å²) in [5.74, 6) is -0.869. The molecule has 0 fully saturated rings. The molecule has 2 N–H and O–H groups in total. The first-order chi connectivity index (χ1) is 12.5. The maximum atomic E-state index is 14.2. The maximum absolute atomic E-state index is 14.2. The van der Waals surface area contributed by atoms with Crippen LogP contribution in [0, 0.1) is 11.6 Å². The Kier molecular flexibility index (Phi) is 10.9. The molecule has 28 heavy (non-hydrogen) atoms. The van der Waals surface area contributed by atoms with Gasteiger partial charge in [-0.1, -0.05) is 6.07 Å². The molecule has 1 rings (SSSR count). The summed E-state index contributed by atoms with van der Waals surface area (Å²) >= 11 is 0. The van der Waals surface area contributed by atoms with E-state index in [0.29, 0.717) is 5.96 Å². The van der Waals surface area contributed by atoms with Gasteiger partial charge in [0.25, 0.3) is 0 Å². The van der Waals surface area contributed by atoms with E-state index in [-0.39, 0.29) is 54.1 Å². The first-order valence-electron chi connectivity index (χ1n) is 8.79. The molecule has 0 heterocycles. The molecule has 0 aliphatic heterocycles. The summed E-state index contributed by atoms with van der Waals surface area (Å²) in [5.41, 5.74) is -0.327. The third-order valence-corrected chi connectivity index (χ3v) is 3.88. The zero-order valence-electron chi connectivity index (χ0n) is 17.6. The molecule has 1 aromatic rings. The minimum absolute atomic E-state index is 0. The number of hydrogen-bond acceptors (Lipinski definition) is 3. The molecule has 0 spiro atoms. The number of carbonyl (C=O) groups excluding carboxylic acids is 1. The summed E-state index contributed by atoms with van der Waals surface area (Å²) in [6.07, 6.45) is 0. The van der Waals surface area contributed by atoms with Crippen LogP contribution in [0.1, 0.15) is 32.4 Å². The van der Waals surface area contributed by atoms with E-state index in [1.165, 1.54) is 18.2 Å². The predicted molar refractivity (Wildman–Crippen MR) is 120 cm³/mol. The number of hydrogen-bond donors (Lipinski definition) is 2. The lowest BCUT2D eigenvalue weighted by Crippen LogP contribution is -2.49. The Morgan fingerprint density at radius 3 is 2.14 bits per heavy atom. The van der Waals surface area contributed by atoms with E-state index in [4.69, 9.17) is 0 Å². The second-order valence-electron chi connectivity index (χ2n) is 7.70. The fourth-order valence-corrected chi connectivity index (χ4v) is 2.69. The van der Waals surface area contributed by atoms with Gasteiger partial charge in [0.2, 0.25) is 5.91 Å². The minimum Gasteiger partial charge on any atom is -0.354 e. The van der Waals surface area contributed by atoms with Gasteiger partial charge in [0.15, 0.2) is 5.96 Å². The molecule has 0 aliphatic rings. The van der Waals surface area contributed by atoms with Gasteiger partial charge in [-0.3, -0.25) is 9.79 Å². The van der Waals surface area contributed by atoms with E-state index in [1.54, 1.807) is 38.0 Å². The van der Waals surface area contributed by atoms with Crippen LogP contribution in [0.3, 0.4) is 0 Å². The van der Waals surface area contributed by atoms with Gasteiger partial charge in [-0.25, -0.2) is 8.78 Å². The average molecular weight is 511 g/mol. The Morgan fingerprint density at radius 2 is 1.71 bits per heavy atom. The molecule has 0 saturated carbocycles. The molecule has 0 radical (unpaired) electrons. The summed E-state index contributed by atoms with van der Waals surface area (Å²) < 4.78 is 28.3. The van der Waals surface area contributed by atoms with E-state index < -0.39 is 17.7 Å². The number of nitrogens with zero attached hydrogens (tertiary/aromatic N) is 3. The van der Waals surface area contributed by atoms with E-state index in [0.717, 1.165) is 0 Å². The van der Waals surface area contributed by atoms with Crippen LogP contribution < -0.4 is 10.6 Å². The van der Waals surface area contributed by atoms with Crippen molar-refractivity contribution in [3.63, 3.8) is 0 Å². The van der Waals surface area contributed by atoms with Gasteiger partial charge in [-0.2, -0.15) is 0 Å². The highest BCUT2D eigenvalue weighted by molar-refractivity contribution is 14.0. The maximum Gasteiger partial charge on any atom is 0.240 e. The van der Waals surface area contributed by atoms with Gasteiger partial charge in [0, 0.05) is 31.7 Å².